The summed E-state index contributed by atoms with van der Waals surface area (Å²) < 4.78 is 30.2. The predicted octanol–water partition coefficient (Wildman–Crippen LogP) is 3.22. The Kier molecular flexibility index (Phi) is 3.96. The number of carbonyl (C=O) groups is 1. The van der Waals surface area contributed by atoms with Crippen LogP contribution >= 0.6 is 0 Å². The van der Waals surface area contributed by atoms with Gasteiger partial charge >= 0.3 is 0 Å². The van der Waals surface area contributed by atoms with E-state index in [0.717, 1.165) is 31.4 Å². The van der Waals surface area contributed by atoms with Crippen LogP contribution < -0.4 is 10.6 Å². The number of ether oxygens (including phenoxy) is 1. The Morgan fingerprint density at radius 3 is 3.03 bits per heavy atom. The van der Waals surface area contributed by atoms with E-state index in [1.54, 1.807) is 10.6 Å². The van der Waals surface area contributed by atoms with Crippen LogP contribution in [0.4, 0.5) is 11.6 Å². The van der Waals surface area contributed by atoms with Crippen molar-refractivity contribution < 1.29 is 13.6 Å². The van der Waals surface area contributed by atoms with Crippen molar-refractivity contribution in [2.75, 3.05) is 24.2 Å². The highest BCUT2D eigenvalue weighted by Crippen LogP contribution is 2.38. The summed E-state index contributed by atoms with van der Waals surface area (Å²) in [5.41, 5.74) is 2.44. The second kappa shape index (κ2) is 7.73. The monoisotopic (exact) mass is 447 g/mol. The number of aromatic nitrogens is 6. The van der Waals surface area contributed by atoms with Crippen molar-refractivity contribution >= 4 is 34.1 Å². The average molecular weight is 448 g/mol. The molecule has 1 aliphatic carbocycles. The third-order valence-corrected chi connectivity index (χ3v) is 6.34. The zero-order valence-corrected chi connectivity index (χ0v) is 17.9. The molecule has 0 radical (unpaired) electrons. The Bertz CT molecular complexity index is 1480. The molecule has 1 saturated heterocycles. The van der Waals surface area contributed by atoms with Crippen molar-refractivity contribution in [1.29, 1.82) is 0 Å². The first-order valence-corrected chi connectivity index (χ1v) is 11.0. The van der Waals surface area contributed by atoms with E-state index in [9.17, 15) is 4.79 Å². The SMILES string of the molecule is [2H]C([2H])([2H])Nc1ncc(-c2nc3ccc([C@@H]4CCCO4)cn3n2)c2cc(NC(=O)[C@H]3C[C@H]3C)nnc12. The van der Waals surface area contributed by atoms with Gasteiger partial charge in [-0.2, -0.15) is 0 Å². The molecule has 5 heterocycles. The van der Waals surface area contributed by atoms with Gasteiger partial charge in [-0.05, 0) is 42.9 Å². The molecule has 1 saturated carbocycles. The first-order valence-electron chi connectivity index (χ1n) is 12.5. The van der Waals surface area contributed by atoms with Gasteiger partial charge in [-0.25, -0.2) is 14.5 Å². The lowest BCUT2D eigenvalue weighted by atomic mass is 10.1. The van der Waals surface area contributed by atoms with Crippen LogP contribution in [-0.2, 0) is 9.53 Å². The van der Waals surface area contributed by atoms with Gasteiger partial charge in [0.25, 0.3) is 0 Å². The Morgan fingerprint density at radius 1 is 1.33 bits per heavy atom. The highest BCUT2D eigenvalue weighted by atomic mass is 16.5. The van der Waals surface area contributed by atoms with Crippen LogP contribution in [0.25, 0.3) is 27.9 Å². The Labute approximate surface area is 194 Å². The fraction of sp³-hybridized carbons (Fsp3) is 0.391. The number of nitrogens with one attached hydrogen (secondary N) is 2. The fourth-order valence-electron chi connectivity index (χ4n) is 4.31. The van der Waals surface area contributed by atoms with Gasteiger partial charge in [-0.3, -0.25) is 4.79 Å². The fourth-order valence-corrected chi connectivity index (χ4v) is 4.31. The minimum absolute atomic E-state index is 0.0367. The topological polar surface area (TPSA) is 119 Å². The molecule has 4 aromatic heterocycles. The van der Waals surface area contributed by atoms with E-state index in [4.69, 9.17) is 8.85 Å². The molecule has 2 fully saturated rings. The molecule has 0 aromatic carbocycles. The number of pyridine rings is 2. The molecule has 4 aromatic rings. The molecule has 6 rings (SSSR count). The van der Waals surface area contributed by atoms with Gasteiger partial charge in [0.15, 0.2) is 23.1 Å². The molecule has 1 aliphatic heterocycles. The summed E-state index contributed by atoms with van der Waals surface area (Å²) in [7, 11) is 0. The van der Waals surface area contributed by atoms with E-state index in [2.05, 4.69) is 35.9 Å². The number of carbonyl (C=O) groups excluding carboxylic acids is 1. The molecular formula is C23H24N8O2. The molecule has 3 atom stereocenters. The molecule has 2 N–H and O–H groups in total. The Hall–Kier alpha value is -3.66. The summed E-state index contributed by atoms with van der Waals surface area (Å²) in [5.74, 6) is 0.904. The maximum absolute atomic E-state index is 12.5. The van der Waals surface area contributed by atoms with Gasteiger partial charge in [0, 0.05) is 47.0 Å². The van der Waals surface area contributed by atoms with Crippen LogP contribution in [0.15, 0.2) is 30.6 Å². The standard InChI is InChI=1S/C23H24N8O2/c1-12-8-14(12)23(32)26-18-9-15-16(10-25-22(24-2)20(15)29-28-18)21-27-19-6-5-13(11-31(19)30-21)17-4-3-7-33-17/h5-6,9-12,14,17H,3-4,7-8H2,1-2H3,(H,24,25)(H,26,28,32)/t12-,14+,17+/m1/s1/i2D3. The van der Waals surface area contributed by atoms with E-state index in [1.807, 2.05) is 25.3 Å². The molecule has 0 unspecified atom stereocenters. The maximum Gasteiger partial charge on any atom is 0.228 e. The normalized spacial score (nSPS) is 23.8. The summed E-state index contributed by atoms with van der Waals surface area (Å²) in [6, 6.07) is 5.52. The van der Waals surface area contributed by atoms with Crippen LogP contribution in [0, 0.1) is 11.8 Å². The average Bonchev–Trinajstić information content (AvgIpc) is 3.22. The van der Waals surface area contributed by atoms with E-state index in [1.165, 1.54) is 6.20 Å². The van der Waals surface area contributed by atoms with Crippen molar-refractivity contribution in [3.8, 4) is 11.4 Å². The number of fused-ring (bicyclic) bond motifs is 2. The van der Waals surface area contributed by atoms with Gasteiger partial charge in [0.05, 0.1) is 6.10 Å². The van der Waals surface area contributed by atoms with Crippen LogP contribution in [0.3, 0.4) is 0 Å². The number of nitrogens with zero attached hydrogens (tertiary/aromatic N) is 6. The molecule has 168 valence electrons. The van der Waals surface area contributed by atoms with Gasteiger partial charge in [-0.15, -0.1) is 15.3 Å². The van der Waals surface area contributed by atoms with Crippen LogP contribution in [0.2, 0.25) is 0 Å². The van der Waals surface area contributed by atoms with Gasteiger partial charge in [-0.1, -0.05) is 13.0 Å². The highest BCUT2D eigenvalue weighted by molar-refractivity contribution is 6.01. The first kappa shape index (κ1) is 16.9. The number of rotatable bonds is 5. The second-order valence-corrected chi connectivity index (χ2v) is 8.65. The van der Waals surface area contributed by atoms with Gasteiger partial charge in [0.1, 0.15) is 5.52 Å². The largest absolute Gasteiger partial charge is 0.373 e. The molecule has 2 aliphatic rings. The summed E-state index contributed by atoms with van der Waals surface area (Å²) in [4.78, 5) is 21.4. The second-order valence-electron chi connectivity index (χ2n) is 8.65. The lowest BCUT2D eigenvalue weighted by Gasteiger charge is -2.09. The molecule has 33 heavy (non-hydrogen) atoms. The van der Waals surface area contributed by atoms with Crippen LogP contribution in [-0.4, -0.2) is 49.3 Å². The summed E-state index contributed by atoms with van der Waals surface area (Å²) in [6.45, 7) is 0.295. The van der Waals surface area contributed by atoms with Crippen molar-refractivity contribution in [3.63, 3.8) is 0 Å². The van der Waals surface area contributed by atoms with Crippen molar-refractivity contribution in [2.24, 2.45) is 11.8 Å². The van der Waals surface area contributed by atoms with E-state index in [0.29, 0.717) is 28.3 Å². The van der Waals surface area contributed by atoms with Crippen molar-refractivity contribution in [3.05, 3.63) is 36.2 Å². The highest BCUT2D eigenvalue weighted by Gasteiger charge is 2.39. The van der Waals surface area contributed by atoms with E-state index in [-0.39, 0.29) is 35.1 Å². The molecule has 0 bridgehead atoms. The molecular weight excluding hydrogens is 420 g/mol. The number of hydrogen-bond donors (Lipinski definition) is 2. The van der Waals surface area contributed by atoms with Gasteiger partial charge < -0.3 is 15.4 Å². The Morgan fingerprint density at radius 2 is 2.24 bits per heavy atom. The smallest absolute Gasteiger partial charge is 0.228 e. The minimum Gasteiger partial charge on any atom is -0.373 e. The number of anilines is 2. The van der Waals surface area contributed by atoms with Gasteiger partial charge in [0.2, 0.25) is 5.91 Å². The summed E-state index contributed by atoms with van der Waals surface area (Å²) >= 11 is 0. The van der Waals surface area contributed by atoms with Crippen LogP contribution in [0.5, 0.6) is 0 Å². The van der Waals surface area contributed by atoms with Crippen molar-refractivity contribution in [2.45, 2.75) is 32.3 Å². The van der Waals surface area contributed by atoms with E-state index >= 15 is 0 Å². The third kappa shape index (κ3) is 3.56. The molecule has 10 nitrogen and oxygen atoms in total. The quantitative estimate of drug-likeness (QED) is 0.479. The maximum atomic E-state index is 12.5. The number of amides is 1. The first-order chi connectivity index (χ1) is 17.2. The zero-order valence-electron chi connectivity index (χ0n) is 20.9. The predicted molar refractivity (Wildman–Crippen MR) is 123 cm³/mol. The third-order valence-electron chi connectivity index (χ3n) is 6.34. The lowest BCUT2D eigenvalue weighted by Crippen LogP contribution is -2.16. The molecule has 0 spiro atoms. The number of hydrogen-bond acceptors (Lipinski definition) is 8. The van der Waals surface area contributed by atoms with E-state index < -0.39 is 6.98 Å². The molecule has 1 amide bonds. The van der Waals surface area contributed by atoms with Crippen LogP contribution in [0.1, 0.15) is 42.0 Å². The summed E-state index contributed by atoms with van der Waals surface area (Å²) in [5, 5.41) is 18.7. The minimum atomic E-state index is -2.47. The lowest BCUT2D eigenvalue weighted by molar-refractivity contribution is -0.117. The summed E-state index contributed by atoms with van der Waals surface area (Å²) in [6.07, 6.45) is 6.29. The molecule has 10 heteroatoms. The van der Waals surface area contributed by atoms with Crippen molar-refractivity contribution in [1.82, 2.24) is 29.8 Å². The zero-order chi connectivity index (χ0) is 25.0. The Balaban J connectivity index is 1.43.